The molecular weight excluding hydrogens is 394 g/mol. The van der Waals surface area contributed by atoms with Crippen LogP contribution in [0.15, 0.2) is 76.1 Å². The number of aliphatic imine (C=N–C) groups is 1. The summed E-state index contributed by atoms with van der Waals surface area (Å²) < 4.78 is 5.62. The number of furan rings is 1. The molecule has 1 unspecified atom stereocenters. The maximum Gasteiger partial charge on any atom is 0.261 e. The fourth-order valence-electron chi connectivity index (χ4n) is 4.62. The van der Waals surface area contributed by atoms with Crippen LogP contribution in [-0.4, -0.2) is 29.9 Å². The molecule has 3 aliphatic rings. The zero-order chi connectivity index (χ0) is 21.1. The molecule has 7 heteroatoms. The number of aldehydes is 1. The van der Waals surface area contributed by atoms with Crippen LogP contribution in [0.5, 0.6) is 0 Å². The highest BCUT2D eigenvalue weighted by Gasteiger charge is 2.39. The Hall–Kier alpha value is -4.26. The highest BCUT2D eigenvalue weighted by molar-refractivity contribution is 6.48. The van der Waals surface area contributed by atoms with Crippen molar-refractivity contribution in [3.63, 3.8) is 0 Å². The first-order valence-electron chi connectivity index (χ1n) is 9.84. The maximum atomic E-state index is 13.0. The van der Waals surface area contributed by atoms with Crippen molar-refractivity contribution in [3.05, 3.63) is 83.4 Å². The van der Waals surface area contributed by atoms with E-state index in [4.69, 9.17) is 4.42 Å². The van der Waals surface area contributed by atoms with Crippen molar-refractivity contribution < 1.29 is 18.8 Å². The molecule has 0 bridgehead atoms. The highest BCUT2D eigenvalue weighted by atomic mass is 16.3. The maximum absolute atomic E-state index is 13.0. The smallest absolute Gasteiger partial charge is 0.261 e. The first-order chi connectivity index (χ1) is 15.2. The van der Waals surface area contributed by atoms with Crippen LogP contribution in [0, 0.1) is 0 Å². The van der Waals surface area contributed by atoms with Crippen molar-refractivity contribution in [2.45, 2.75) is 12.5 Å². The van der Waals surface area contributed by atoms with Gasteiger partial charge in [-0.1, -0.05) is 36.4 Å². The summed E-state index contributed by atoms with van der Waals surface area (Å²) in [6.45, 7) is 0. The fraction of sp³-hybridized carbons (Fsp3) is 0.0833. The number of benzene rings is 2. The van der Waals surface area contributed by atoms with Crippen LogP contribution in [0.4, 0.5) is 5.69 Å². The largest absolute Gasteiger partial charge is 0.464 e. The average molecular weight is 409 g/mol. The number of carbonyl (C=O) groups is 3. The topological polar surface area (TPSA) is 92.0 Å². The predicted octanol–water partition coefficient (Wildman–Crippen LogP) is 2.75. The quantitative estimate of drug-likeness (QED) is 0.531. The first-order valence-corrected chi connectivity index (χ1v) is 9.84. The zero-order valence-electron chi connectivity index (χ0n) is 16.2. The third-order valence-corrected chi connectivity index (χ3v) is 5.92. The van der Waals surface area contributed by atoms with Gasteiger partial charge in [-0.25, -0.2) is 0 Å². The van der Waals surface area contributed by atoms with E-state index in [1.54, 1.807) is 30.8 Å². The molecule has 0 radical (unpaired) electrons. The number of rotatable bonds is 3. The monoisotopic (exact) mass is 409 g/mol. The number of hydrogen-bond donors (Lipinski definition) is 1. The van der Waals surface area contributed by atoms with E-state index in [1.165, 1.54) is 0 Å². The van der Waals surface area contributed by atoms with E-state index in [0.717, 1.165) is 22.9 Å². The SMILES string of the molecule is O=CC1Cc2cccc3c2N1C=CN=C3C1=C(c2cccc3ccoc23)C(=O)NC1=O. The lowest BCUT2D eigenvalue weighted by molar-refractivity contribution is -0.123. The minimum absolute atomic E-state index is 0.198. The summed E-state index contributed by atoms with van der Waals surface area (Å²) in [5, 5.41) is 3.25. The molecule has 0 saturated heterocycles. The normalized spacial score (nSPS) is 19.5. The Morgan fingerprint density at radius 2 is 1.84 bits per heavy atom. The predicted molar refractivity (Wildman–Crippen MR) is 114 cm³/mol. The second-order valence-electron chi connectivity index (χ2n) is 7.58. The van der Waals surface area contributed by atoms with Gasteiger partial charge in [0.2, 0.25) is 0 Å². The third-order valence-electron chi connectivity index (χ3n) is 5.92. The van der Waals surface area contributed by atoms with Crippen molar-refractivity contribution in [1.82, 2.24) is 5.32 Å². The van der Waals surface area contributed by atoms with Gasteiger partial charge in [0.25, 0.3) is 11.8 Å². The molecule has 0 spiro atoms. The van der Waals surface area contributed by atoms with E-state index >= 15 is 0 Å². The van der Waals surface area contributed by atoms with E-state index in [-0.39, 0.29) is 17.2 Å². The van der Waals surface area contributed by atoms with Crippen molar-refractivity contribution in [3.8, 4) is 0 Å². The van der Waals surface area contributed by atoms with E-state index in [2.05, 4.69) is 10.3 Å². The van der Waals surface area contributed by atoms with Gasteiger partial charge in [0.1, 0.15) is 11.9 Å². The summed E-state index contributed by atoms with van der Waals surface area (Å²) in [7, 11) is 0. The number of para-hydroxylation sites is 2. The van der Waals surface area contributed by atoms with Gasteiger partial charge in [-0.2, -0.15) is 0 Å². The molecule has 1 N–H and O–H groups in total. The molecule has 3 aromatic rings. The van der Waals surface area contributed by atoms with Gasteiger partial charge in [0.05, 0.1) is 34.9 Å². The molecule has 0 aliphatic carbocycles. The van der Waals surface area contributed by atoms with Gasteiger partial charge in [0, 0.05) is 35.3 Å². The number of nitrogens with zero attached hydrogens (tertiary/aromatic N) is 2. The van der Waals surface area contributed by atoms with Crippen molar-refractivity contribution in [1.29, 1.82) is 0 Å². The summed E-state index contributed by atoms with van der Waals surface area (Å²) >= 11 is 0. The molecule has 0 fully saturated rings. The molecular formula is C24H15N3O4. The lowest BCUT2D eigenvalue weighted by Gasteiger charge is -2.20. The van der Waals surface area contributed by atoms with Gasteiger partial charge >= 0.3 is 0 Å². The Balaban J connectivity index is 1.63. The lowest BCUT2D eigenvalue weighted by Crippen LogP contribution is -2.28. The number of nitrogens with one attached hydrogen (secondary N) is 1. The second-order valence-corrected chi connectivity index (χ2v) is 7.58. The number of imide groups is 1. The number of fused-ring (bicyclic) bond motifs is 1. The van der Waals surface area contributed by atoms with Gasteiger partial charge in [0.15, 0.2) is 0 Å². The summed E-state index contributed by atoms with van der Waals surface area (Å²) in [4.78, 5) is 43.9. The summed E-state index contributed by atoms with van der Waals surface area (Å²) in [5.74, 6) is -0.998. The van der Waals surface area contributed by atoms with Gasteiger partial charge < -0.3 is 14.1 Å². The summed E-state index contributed by atoms with van der Waals surface area (Å²) in [6, 6.07) is 12.6. The third kappa shape index (κ3) is 2.40. The van der Waals surface area contributed by atoms with Crippen LogP contribution in [0.2, 0.25) is 0 Å². The Labute approximate surface area is 176 Å². The van der Waals surface area contributed by atoms with E-state index < -0.39 is 11.8 Å². The van der Waals surface area contributed by atoms with E-state index in [1.807, 2.05) is 35.2 Å². The molecule has 6 rings (SSSR count). The molecule has 2 aromatic carbocycles. The van der Waals surface area contributed by atoms with Gasteiger partial charge in [-0.3, -0.25) is 19.9 Å². The zero-order valence-corrected chi connectivity index (χ0v) is 16.2. The first kappa shape index (κ1) is 17.6. The summed E-state index contributed by atoms with van der Waals surface area (Å²) in [6.07, 6.45) is 6.34. The lowest BCUT2D eigenvalue weighted by atomic mass is 9.92. The minimum atomic E-state index is -0.508. The highest BCUT2D eigenvalue weighted by Crippen LogP contribution is 2.40. The molecule has 1 atom stereocenters. The minimum Gasteiger partial charge on any atom is -0.464 e. The Kier molecular flexibility index (Phi) is 3.61. The van der Waals surface area contributed by atoms with Gasteiger partial charge in [-0.15, -0.1) is 0 Å². The van der Waals surface area contributed by atoms with Crippen LogP contribution in [0.25, 0.3) is 16.5 Å². The van der Waals surface area contributed by atoms with Crippen LogP contribution >= 0.6 is 0 Å². The molecule has 3 aliphatic heterocycles. The summed E-state index contributed by atoms with van der Waals surface area (Å²) in [5.41, 5.74) is 4.42. The molecule has 2 amide bonds. The Morgan fingerprint density at radius 1 is 1.03 bits per heavy atom. The standard InChI is InChI=1S/C24H15N3O4/c28-12-15-11-14-4-2-6-17-20(25-8-9-27(15)21(14)17)19-18(23(29)26-24(19)30)16-5-1-3-13-7-10-31-22(13)16/h1-10,12,15H,11H2,(H,26,29,30). The van der Waals surface area contributed by atoms with E-state index in [0.29, 0.717) is 28.8 Å². The van der Waals surface area contributed by atoms with Crippen LogP contribution < -0.4 is 10.2 Å². The molecule has 4 heterocycles. The Morgan fingerprint density at radius 3 is 2.71 bits per heavy atom. The van der Waals surface area contributed by atoms with Crippen LogP contribution in [0.1, 0.15) is 16.7 Å². The Bertz CT molecular complexity index is 1410. The van der Waals surface area contributed by atoms with Crippen LogP contribution in [0.3, 0.4) is 0 Å². The number of carbonyl (C=O) groups excluding carboxylic acids is 3. The molecule has 0 saturated carbocycles. The number of hydrogen-bond acceptors (Lipinski definition) is 6. The number of anilines is 1. The molecule has 150 valence electrons. The fourth-order valence-corrected chi connectivity index (χ4v) is 4.62. The van der Waals surface area contributed by atoms with Crippen LogP contribution in [-0.2, 0) is 20.8 Å². The van der Waals surface area contributed by atoms with Crippen molar-refractivity contribution in [2.24, 2.45) is 4.99 Å². The second kappa shape index (κ2) is 6.37. The number of amides is 2. The van der Waals surface area contributed by atoms with Gasteiger partial charge in [-0.05, 0) is 11.6 Å². The van der Waals surface area contributed by atoms with Crippen molar-refractivity contribution in [2.75, 3.05) is 4.90 Å². The van der Waals surface area contributed by atoms with E-state index in [9.17, 15) is 14.4 Å². The molecule has 1 aromatic heterocycles. The van der Waals surface area contributed by atoms with Crippen molar-refractivity contribution >= 4 is 46.0 Å². The molecule has 7 nitrogen and oxygen atoms in total. The average Bonchev–Trinajstić information content (AvgIpc) is 3.42. The molecule has 31 heavy (non-hydrogen) atoms.